The van der Waals surface area contributed by atoms with Gasteiger partial charge in [0.05, 0.1) is 10.9 Å². The molecule has 3 rings (SSSR count). The molecule has 1 aromatic heterocycles. The average molecular weight is 369 g/mol. The highest BCUT2D eigenvalue weighted by molar-refractivity contribution is 9.10. The maximum Gasteiger partial charge on any atom is 0.243 e. The summed E-state index contributed by atoms with van der Waals surface area (Å²) in [5.74, 6) is 0. The Kier molecular flexibility index (Phi) is 3.71. The fourth-order valence-corrected chi connectivity index (χ4v) is 4.73. The van der Waals surface area contributed by atoms with E-state index in [1.54, 1.807) is 28.6 Å². The first-order valence-electron chi connectivity index (χ1n) is 6.84. The summed E-state index contributed by atoms with van der Waals surface area (Å²) < 4.78 is 30.3. The van der Waals surface area contributed by atoms with Gasteiger partial charge < -0.3 is 4.57 Å². The van der Waals surface area contributed by atoms with E-state index in [9.17, 15) is 8.42 Å². The van der Waals surface area contributed by atoms with Gasteiger partial charge in [0.15, 0.2) is 0 Å². The fourth-order valence-electron chi connectivity index (χ4n) is 2.87. The Morgan fingerprint density at radius 1 is 1.10 bits per heavy atom. The lowest BCUT2D eigenvalue weighted by atomic mass is 10.2. The van der Waals surface area contributed by atoms with E-state index in [4.69, 9.17) is 0 Å². The van der Waals surface area contributed by atoms with Gasteiger partial charge in [-0.05, 0) is 50.2 Å². The zero-order valence-corrected chi connectivity index (χ0v) is 14.4. The predicted octanol–water partition coefficient (Wildman–Crippen LogP) is 3.32. The van der Waals surface area contributed by atoms with Crippen LogP contribution in [0.2, 0.25) is 0 Å². The number of hydrogen-bond donors (Lipinski definition) is 0. The first-order valence-corrected chi connectivity index (χ1v) is 9.08. The minimum Gasteiger partial charge on any atom is -0.346 e. The molecule has 0 aliphatic carbocycles. The molecule has 4 nitrogen and oxygen atoms in total. The highest BCUT2D eigenvalue weighted by Gasteiger charge is 2.34. The SMILES string of the molecule is Cc1ccc2n1CCN(S(=O)(=O)c1ccc(Br)cc1)C2C. The van der Waals surface area contributed by atoms with Crippen LogP contribution in [-0.2, 0) is 16.6 Å². The number of hydrogen-bond acceptors (Lipinski definition) is 2. The number of aromatic nitrogens is 1. The van der Waals surface area contributed by atoms with Gasteiger partial charge in [0, 0.05) is 29.0 Å². The van der Waals surface area contributed by atoms with Crippen LogP contribution in [0.15, 0.2) is 45.8 Å². The Morgan fingerprint density at radius 3 is 2.43 bits per heavy atom. The number of sulfonamides is 1. The number of benzene rings is 1. The topological polar surface area (TPSA) is 42.3 Å². The molecule has 1 aromatic carbocycles. The Labute approximate surface area is 133 Å². The number of aryl methyl sites for hydroxylation is 1. The highest BCUT2D eigenvalue weighted by Crippen LogP contribution is 2.32. The van der Waals surface area contributed by atoms with E-state index in [-0.39, 0.29) is 6.04 Å². The van der Waals surface area contributed by atoms with E-state index in [2.05, 4.69) is 27.4 Å². The van der Waals surface area contributed by atoms with Gasteiger partial charge in [0.1, 0.15) is 0 Å². The van der Waals surface area contributed by atoms with Crippen LogP contribution < -0.4 is 0 Å². The molecule has 1 atom stereocenters. The van der Waals surface area contributed by atoms with Crippen molar-refractivity contribution < 1.29 is 8.42 Å². The van der Waals surface area contributed by atoms with Crippen LogP contribution >= 0.6 is 15.9 Å². The Hall–Kier alpha value is -1.11. The van der Waals surface area contributed by atoms with Crippen molar-refractivity contribution in [1.82, 2.24) is 8.87 Å². The second kappa shape index (κ2) is 5.26. The second-order valence-corrected chi connectivity index (χ2v) is 8.10. The summed E-state index contributed by atoms with van der Waals surface area (Å²) in [6, 6.07) is 10.7. The quantitative estimate of drug-likeness (QED) is 0.815. The summed E-state index contributed by atoms with van der Waals surface area (Å²) >= 11 is 3.33. The second-order valence-electron chi connectivity index (χ2n) is 5.30. The molecule has 1 unspecified atom stereocenters. The van der Waals surface area contributed by atoms with Crippen molar-refractivity contribution in [3.8, 4) is 0 Å². The zero-order chi connectivity index (χ0) is 15.2. The molecule has 0 radical (unpaired) electrons. The van der Waals surface area contributed by atoms with Crippen molar-refractivity contribution in [2.24, 2.45) is 0 Å². The first kappa shape index (κ1) is 14.8. The van der Waals surface area contributed by atoms with Gasteiger partial charge in [-0.1, -0.05) is 15.9 Å². The maximum absolute atomic E-state index is 12.8. The molecule has 0 fully saturated rings. The molecule has 2 heterocycles. The number of fused-ring (bicyclic) bond motifs is 1. The Balaban J connectivity index is 1.99. The van der Waals surface area contributed by atoms with Crippen LogP contribution in [0.25, 0.3) is 0 Å². The molecule has 0 amide bonds. The normalized spacial score (nSPS) is 19.5. The molecule has 112 valence electrons. The molecule has 6 heteroatoms. The lowest BCUT2D eigenvalue weighted by Gasteiger charge is -2.34. The van der Waals surface area contributed by atoms with Gasteiger partial charge in [0.25, 0.3) is 0 Å². The monoisotopic (exact) mass is 368 g/mol. The van der Waals surface area contributed by atoms with Crippen molar-refractivity contribution in [2.45, 2.75) is 31.3 Å². The minimum absolute atomic E-state index is 0.152. The molecule has 21 heavy (non-hydrogen) atoms. The maximum atomic E-state index is 12.8. The number of halogens is 1. The first-order chi connectivity index (χ1) is 9.91. The molecule has 0 bridgehead atoms. The highest BCUT2D eigenvalue weighted by atomic mass is 79.9. The van der Waals surface area contributed by atoms with E-state index < -0.39 is 10.0 Å². The van der Waals surface area contributed by atoms with Crippen molar-refractivity contribution in [1.29, 1.82) is 0 Å². The third-order valence-electron chi connectivity index (χ3n) is 4.06. The van der Waals surface area contributed by atoms with E-state index in [1.807, 2.05) is 19.1 Å². The standard InChI is InChI=1S/C15H17BrN2O2S/c1-11-3-8-15-12(2)18(10-9-17(11)15)21(19,20)14-6-4-13(16)5-7-14/h3-8,12H,9-10H2,1-2H3. The minimum atomic E-state index is -3.46. The van der Waals surface area contributed by atoms with Crippen LogP contribution in [0.5, 0.6) is 0 Å². The molecule has 0 saturated heterocycles. The molecular weight excluding hydrogens is 352 g/mol. The van der Waals surface area contributed by atoms with Crippen molar-refractivity contribution in [3.05, 3.63) is 52.3 Å². The fraction of sp³-hybridized carbons (Fsp3) is 0.333. The zero-order valence-electron chi connectivity index (χ0n) is 12.0. The summed E-state index contributed by atoms with van der Waals surface area (Å²) in [4.78, 5) is 0.342. The van der Waals surface area contributed by atoms with Gasteiger partial charge in [-0.2, -0.15) is 4.31 Å². The van der Waals surface area contributed by atoms with Crippen LogP contribution in [0, 0.1) is 6.92 Å². The smallest absolute Gasteiger partial charge is 0.243 e. The molecule has 1 aliphatic heterocycles. The lowest BCUT2D eigenvalue weighted by Crippen LogP contribution is -2.40. The van der Waals surface area contributed by atoms with Gasteiger partial charge in [-0.15, -0.1) is 0 Å². The molecule has 2 aromatic rings. The van der Waals surface area contributed by atoms with Gasteiger partial charge >= 0.3 is 0 Å². The molecule has 1 aliphatic rings. The van der Waals surface area contributed by atoms with Crippen molar-refractivity contribution >= 4 is 26.0 Å². The average Bonchev–Trinajstić information content (AvgIpc) is 2.82. The van der Waals surface area contributed by atoms with Crippen molar-refractivity contribution in [2.75, 3.05) is 6.54 Å². The van der Waals surface area contributed by atoms with E-state index >= 15 is 0 Å². The van der Waals surface area contributed by atoms with E-state index in [1.165, 1.54) is 5.69 Å². The third kappa shape index (κ3) is 2.45. The van der Waals surface area contributed by atoms with Gasteiger partial charge in [0.2, 0.25) is 10.0 Å². The van der Waals surface area contributed by atoms with Gasteiger partial charge in [-0.25, -0.2) is 8.42 Å². The summed E-state index contributed by atoms with van der Waals surface area (Å²) in [7, 11) is -3.46. The van der Waals surface area contributed by atoms with Crippen LogP contribution in [-0.4, -0.2) is 23.8 Å². The van der Waals surface area contributed by atoms with Gasteiger partial charge in [-0.3, -0.25) is 0 Å². The van der Waals surface area contributed by atoms with Crippen molar-refractivity contribution in [3.63, 3.8) is 0 Å². The van der Waals surface area contributed by atoms with Crippen LogP contribution in [0.3, 0.4) is 0 Å². The van der Waals surface area contributed by atoms with E-state index in [0.29, 0.717) is 18.0 Å². The summed E-state index contributed by atoms with van der Waals surface area (Å²) in [6.07, 6.45) is 0. The Morgan fingerprint density at radius 2 is 1.76 bits per heavy atom. The molecule has 0 N–H and O–H groups in total. The van der Waals surface area contributed by atoms with E-state index in [0.717, 1.165) is 10.2 Å². The van der Waals surface area contributed by atoms with Crippen LogP contribution in [0.4, 0.5) is 0 Å². The molecule has 0 saturated carbocycles. The number of nitrogens with zero attached hydrogens (tertiary/aromatic N) is 2. The Bertz CT molecular complexity index is 765. The summed E-state index contributed by atoms with van der Waals surface area (Å²) in [5, 5.41) is 0. The molecular formula is C15H17BrN2O2S. The summed E-state index contributed by atoms with van der Waals surface area (Å²) in [5.41, 5.74) is 2.23. The third-order valence-corrected chi connectivity index (χ3v) is 6.57. The predicted molar refractivity (Wildman–Crippen MR) is 85.6 cm³/mol. The lowest BCUT2D eigenvalue weighted by molar-refractivity contribution is 0.280. The van der Waals surface area contributed by atoms with Crippen LogP contribution in [0.1, 0.15) is 24.4 Å². The summed E-state index contributed by atoms with van der Waals surface area (Å²) in [6.45, 7) is 5.20. The largest absolute Gasteiger partial charge is 0.346 e. The molecule has 0 spiro atoms. The number of rotatable bonds is 2.